The molecule has 0 saturated carbocycles. The Kier molecular flexibility index (Phi) is 6.02. The normalized spacial score (nSPS) is 17.8. The highest BCUT2D eigenvalue weighted by atomic mass is 16.7. The molecule has 1 amide bonds. The zero-order chi connectivity index (χ0) is 22.2. The Morgan fingerprint density at radius 2 is 1.67 bits per heavy atom. The summed E-state index contributed by atoms with van der Waals surface area (Å²) < 4.78 is 23.1. The molecular formula is C22H31BN2O5. The van der Waals surface area contributed by atoms with E-state index in [2.05, 4.69) is 4.98 Å². The van der Waals surface area contributed by atoms with Crippen LogP contribution in [0.15, 0.2) is 41.1 Å². The number of hydrogen-bond acceptors (Lipinski definition) is 6. The monoisotopic (exact) mass is 414 g/mol. The molecule has 0 unspecified atom stereocenters. The summed E-state index contributed by atoms with van der Waals surface area (Å²) in [6, 6.07) is 7.87. The molecule has 0 radical (unpaired) electrons. The highest BCUT2D eigenvalue weighted by molar-refractivity contribution is 6.62. The fraction of sp³-hybridized carbons (Fsp3) is 0.545. The standard InChI is InChI=1S/C22H31BN2O5/c1-20(2,3)28-19(26)25(15-18-24-12-13-27-18)14-16-8-10-17(11-9-16)23-29-21(4,5)22(6,7)30-23/h8-13H,14-15H2,1-7H3. The van der Waals surface area contributed by atoms with Gasteiger partial charge >= 0.3 is 13.2 Å². The molecule has 0 atom stereocenters. The Balaban J connectivity index is 1.72. The molecule has 1 aliphatic heterocycles. The molecule has 1 aromatic heterocycles. The summed E-state index contributed by atoms with van der Waals surface area (Å²) >= 11 is 0. The van der Waals surface area contributed by atoms with Crippen LogP contribution in [0.3, 0.4) is 0 Å². The number of benzene rings is 1. The van der Waals surface area contributed by atoms with Gasteiger partial charge in [0.05, 0.1) is 17.4 Å². The van der Waals surface area contributed by atoms with Gasteiger partial charge in [0.1, 0.15) is 18.4 Å². The molecule has 0 spiro atoms. The fourth-order valence-corrected chi connectivity index (χ4v) is 2.99. The minimum atomic E-state index is -0.591. The first-order chi connectivity index (χ1) is 13.9. The zero-order valence-corrected chi connectivity index (χ0v) is 18.9. The van der Waals surface area contributed by atoms with Gasteiger partial charge in [-0.2, -0.15) is 0 Å². The third-order valence-electron chi connectivity index (χ3n) is 5.34. The van der Waals surface area contributed by atoms with E-state index in [1.807, 2.05) is 72.7 Å². The van der Waals surface area contributed by atoms with Crippen molar-refractivity contribution in [1.82, 2.24) is 9.88 Å². The van der Waals surface area contributed by atoms with Crippen LogP contribution in [-0.2, 0) is 27.1 Å². The molecule has 1 saturated heterocycles. The largest absolute Gasteiger partial charge is 0.494 e. The van der Waals surface area contributed by atoms with Gasteiger partial charge in [-0.1, -0.05) is 24.3 Å². The van der Waals surface area contributed by atoms with Crippen LogP contribution in [0, 0.1) is 0 Å². The van der Waals surface area contributed by atoms with Crippen molar-refractivity contribution in [2.75, 3.05) is 0 Å². The second-order valence-corrected chi connectivity index (χ2v) is 9.59. The van der Waals surface area contributed by atoms with Gasteiger partial charge in [-0.3, -0.25) is 4.90 Å². The third-order valence-corrected chi connectivity index (χ3v) is 5.34. The third kappa shape index (κ3) is 5.23. The van der Waals surface area contributed by atoms with Crippen LogP contribution in [0.5, 0.6) is 0 Å². The molecule has 1 aromatic carbocycles. The van der Waals surface area contributed by atoms with E-state index in [0.29, 0.717) is 12.4 Å². The highest BCUT2D eigenvalue weighted by Gasteiger charge is 2.51. The van der Waals surface area contributed by atoms with Crippen LogP contribution in [0.2, 0.25) is 0 Å². The summed E-state index contributed by atoms with van der Waals surface area (Å²) in [5.74, 6) is 0.453. The van der Waals surface area contributed by atoms with Crippen LogP contribution in [0.1, 0.15) is 59.9 Å². The molecule has 2 aromatic rings. The minimum Gasteiger partial charge on any atom is -0.447 e. The molecule has 162 valence electrons. The van der Waals surface area contributed by atoms with Crippen molar-refractivity contribution in [3.05, 3.63) is 48.2 Å². The number of hydrogen-bond donors (Lipinski definition) is 0. The SMILES string of the molecule is CC(C)(C)OC(=O)N(Cc1ccc(B2OC(C)(C)C(C)(C)O2)cc1)Cc1ncco1. The first kappa shape index (κ1) is 22.4. The first-order valence-electron chi connectivity index (χ1n) is 10.2. The topological polar surface area (TPSA) is 74.0 Å². The van der Waals surface area contributed by atoms with Crippen molar-refractivity contribution in [2.24, 2.45) is 0 Å². The maximum absolute atomic E-state index is 12.7. The van der Waals surface area contributed by atoms with Crippen LogP contribution in [0.4, 0.5) is 4.79 Å². The quantitative estimate of drug-likeness (QED) is 0.691. The number of carbonyl (C=O) groups excluding carboxylic acids is 1. The molecule has 8 heteroatoms. The van der Waals surface area contributed by atoms with E-state index in [4.69, 9.17) is 18.5 Å². The summed E-state index contributed by atoms with van der Waals surface area (Å²) in [5.41, 5.74) is 0.522. The van der Waals surface area contributed by atoms with Gasteiger partial charge in [0.15, 0.2) is 0 Å². The summed E-state index contributed by atoms with van der Waals surface area (Å²) in [5, 5.41) is 0. The second-order valence-electron chi connectivity index (χ2n) is 9.59. The van der Waals surface area contributed by atoms with E-state index in [0.717, 1.165) is 11.0 Å². The lowest BCUT2D eigenvalue weighted by molar-refractivity contribution is 0.00578. The van der Waals surface area contributed by atoms with Gasteiger partial charge < -0.3 is 18.5 Å². The minimum absolute atomic E-state index is 0.223. The number of oxazole rings is 1. The Morgan fingerprint density at radius 1 is 1.07 bits per heavy atom. The lowest BCUT2D eigenvalue weighted by Gasteiger charge is -2.32. The van der Waals surface area contributed by atoms with Crippen molar-refractivity contribution in [3.63, 3.8) is 0 Å². The van der Waals surface area contributed by atoms with E-state index in [1.54, 1.807) is 11.1 Å². The molecule has 3 rings (SSSR count). The van der Waals surface area contributed by atoms with Crippen molar-refractivity contribution >= 4 is 18.7 Å². The van der Waals surface area contributed by atoms with E-state index in [9.17, 15) is 4.79 Å². The highest BCUT2D eigenvalue weighted by Crippen LogP contribution is 2.36. The van der Waals surface area contributed by atoms with Crippen molar-refractivity contribution < 1.29 is 23.3 Å². The fourth-order valence-electron chi connectivity index (χ4n) is 2.99. The zero-order valence-electron chi connectivity index (χ0n) is 18.9. The maximum Gasteiger partial charge on any atom is 0.494 e. The molecule has 30 heavy (non-hydrogen) atoms. The Morgan fingerprint density at radius 3 is 2.17 bits per heavy atom. The number of nitrogens with zero attached hydrogens (tertiary/aromatic N) is 2. The van der Waals surface area contributed by atoms with Gasteiger partial charge in [0.2, 0.25) is 5.89 Å². The number of rotatable bonds is 5. The van der Waals surface area contributed by atoms with E-state index in [1.165, 1.54) is 6.26 Å². The number of aromatic nitrogens is 1. The summed E-state index contributed by atoms with van der Waals surface area (Å²) in [4.78, 5) is 18.4. The van der Waals surface area contributed by atoms with E-state index >= 15 is 0 Å². The smallest absolute Gasteiger partial charge is 0.447 e. The lowest BCUT2D eigenvalue weighted by atomic mass is 9.79. The molecule has 0 aliphatic carbocycles. The van der Waals surface area contributed by atoms with E-state index in [-0.39, 0.29) is 17.7 Å². The van der Waals surface area contributed by atoms with Crippen molar-refractivity contribution in [2.45, 2.75) is 78.4 Å². The van der Waals surface area contributed by atoms with Gasteiger partial charge in [0, 0.05) is 6.54 Å². The number of amides is 1. The molecular weight excluding hydrogens is 383 g/mol. The van der Waals surface area contributed by atoms with Crippen LogP contribution >= 0.6 is 0 Å². The second kappa shape index (κ2) is 8.08. The first-order valence-corrected chi connectivity index (χ1v) is 10.2. The van der Waals surface area contributed by atoms with Gasteiger partial charge in [0.25, 0.3) is 0 Å². The average molecular weight is 414 g/mol. The Labute approximate surface area is 178 Å². The summed E-state index contributed by atoms with van der Waals surface area (Å²) in [7, 11) is -0.418. The predicted octanol–water partition coefficient (Wildman–Crippen LogP) is 3.91. The maximum atomic E-state index is 12.7. The molecule has 7 nitrogen and oxygen atoms in total. The van der Waals surface area contributed by atoms with Crippen LogP contribution < -0.4 is 5.46 Å². The molecule has 1 fully saturated rings. The molecule has 0 N–H and O–H groups in total. The number of ether oxygens (including phenoxy) is 1. The lowest BCUT2D eigenvalue weighted by Crippen LogP contribution is -2.41. The summed E-state index contributed by atoms with van der Waals surface area (Å²) in [6.07, 6.45) is 2.62. The molecule has 1 aliphatic rings. The summed E-state index contributed by atoms with van der Waals surface area (Å²) in [6.45, 7) is 14.2. The van der Waals surface area contributed by atoms with Crippen LogP contribution in [0.25, 0.3) is 0 Å². The van der Waals surface area contributed by atoms with Crippen molar-refractivity contribution in [1.29, 1.82) is 0 Å². The Bertz CT molecular complexity index is 841. The Hall–Kier alpha value is -2.32. The van der Waals surface area contributed by atoms with Gasteiger partial charge in [-0.05, 0) is 59.5 Å². The predicted molar refractivity (Wildman–Crippen MR) is 114 cm³/mol. The molecule has 2 heterocycles. The van der Waals surface area contributed by atoms with Crippen molar-refractivity contribution in [3.8, 4) is 0 Å². The van der Waals surface area contributed by atoms with E-state index < -0.39 is 18.8 Å². The molecule has 0 bridgehead atoms. The number of carbonyl (C=O) groups is 1. The van der Waals surface area contributed by atoms with Crippen LogP contribution in [-0.4, -0.2) is 39.9 Å². The van der Waals surface area contributed by atoms with Gasteiger partial charge in [-0.25, -0.2) is 9.78 Å². The average Bonchev–Trinajstić information content (AvgIpc) is 3.19. The van der Waals surface area contributed by atoms with Gasteiger partial charge in [-0.15, -0.1) is 0 Å².